The Kier molecular flexibility index (Phi) is 7.65. The van der Waals surface area contributed by atoms with E-state index in [1.807, 2.05) is 12.1 Å². The van der Waals surface area contributed by atoms with Crippen molar-refractivity contribution in [3.05, 3.63) is 24.3 Å². The number of nitrogens with zero attached hydrogens (tertiary/aromatic N) is 1. The molecule has 1 aromatic carbocycles. The number of rotatable bonds is 9. The van der Waals surface area contributed by atoms with Gasteiger partial charge in [0.25, 0.3) is 0 Å². The van der Waals surface area contributed by atoms with E-state index < -0.39 is 0 Å². The van der Waals surface area contributed by atoms with Crippen molar-refractivity contribution in [2.24, 2.45) is 5.92 Å². The number of carbonyl (C=O) groups is 1. The SMILES string of the molecule is CCN(CC)c1ccc(NCC(=O)NCCC(C)C)cc1. The van der Waals surface area contributed by atoms with E-state index >= 15 is 0 Å². The molecule has 0 aliphatic heterocycles. The number of nitrogens with one attached hydrogen (secondary N) is 2. The van der Waals surface area contributed by atoms with Gasteiger partial charge in [0.2, 0.25) is 5.91 Å². The molecule has 4 heteroatoms. The van der Waals surface area contributed by atoms with Gasteiger partial charge in [-0.25, -0.2) is 0 Å². The van der Waals surface area contributed by atoms with E-state index in [1.165, 1.54) is 5.69 Å². The average Bonchev–Trinajstić information content (AvgIpc) is 2.47. The van der Waals surface area contributed by atoms with Crippen molar-refractivity contribution < 1.29 is 4.79 Å². The number of benzene rings is 1. The molecule has 0 saturated heterocycles. The Hall–Kier alpha value is -1.71. The smallest absolute Gasteiger partial charge is 0.239 e. The number of hydrogen-bond donors (Lipinski definition) is 2. The Labute approximate surface area is 128 Å². The van der Waals surface area contributed by atoms with Gasteiger partial charge in [0, 0.05) is 31.0 Å². The van der Waals surface area contributed by atoms with Crippen molar-refractivity contribution in [1.29, 1.82) is 0 Å². The molecule has 0 aromatic heterocycles. The van der Waals surface area contributed by atoms with Gasteiger partial charge in [-0.2, -0.15) is 0 Å². The summed E-state index contributed by atoms with van der Waals surface area (Å²) in [6.45, 7) is 11.7. The minimum atomic E-state index is 0.0449. The fourth-order valence-electron chi connectivity index (χ4n) is 2.12. The summed E-state index contributed by atoms with van der Waals surface area (Å²) in [7, 11) is 0. The lowest BCUT2D eigenvalue weighted by atomic mass is 10.1. The van der Waals surface area contributed by atoms with Crippen LogP contribution in [0.5, 0.6) is 0 Å². The van der Waals surface area contributed by atoms with Gasteiger partial charge in [0.1, 0.15) is 0 Å². The van der Waals surface area contributed by atoms with Crippen LogP contribution in [0, 0.1) is 5.92 Å². The third-order valence-corrected chi connectivity index (χ3v) is 3.49. The zero-order valence-electron chi connectivity index (χ0n) is 13.8. The minimum Gasteiger partial charge on any atom is -0.376 e. The Bertz CT molecular complexity index is 411. The number of anilines is 2. The van der Waals surface area contributed by atoms with Gasteiger partial charge in [0.15, 0.2) is 0 Å². The van der Waals surface area contributed by atoms with Crippen molar-refractivity contribution >= 4 is 17.3 Å². The van der Waals surface area contributed by atoms with Crippen LogP contribution in [0.15, 0.2) is 24.3 Å². The first-order chi connectivity index (χ1) is 10.1. The van der Waals surface area contributed by atoms with Crippen LogP contribution in [-0.2, 0) is 4.79 Å². The fourth-order valence-corrected chi connectivity index (χ4v) is 2.12. The highest BCUT2D eigenvalue weighted by Crippen LogP contribution is 2.17. The van der Waals surface area contributed by atoms with E-state index in [0.29, 0.717) is 12.5 Å². The van der Waals surface area contributed by atoms with Crippen LogP contribution in [0.1, 0.15) is 34.1 Å². The molecule has 0 spiro atoms. The van der Waals surface area contributed by atoms with Gasteiger partial charge < -0.3 is 15.5 Å². The molecule has 1 aromatic rings. The standard InChI is InChI=1S/C17H29N3O/c1-5-20(6-2)16-9-7-15(8-10-16)19-13-17(21)18-12-11-14(3)4/h7-10,14,19H,5-6,11-13H2,1-4H3,(H,18,21). The van der Waals surface area contributed by atoms with Crippen LogP contribution < -0.4 is 15.5 Å². The third-order valence-electron chi connectivity index (χ3n) is 3.49. The second kappa shape index (κ2) is 9.27. The molecule has 0 saturated carbocycles. The quantitative estimate of drug-likeness (QED) is 0.735. The Morgan fingerprint density at radius 2 is 1.76 bits per heavy atom. The lowest BCUT2D eigenvalue weighted by molar-refractivity contribution is -0.119. The number of carbonyl (C=O) groups excluding carboxylic acids is 1. The molecule has 4 nitrogen and oxygen atoms in total. The lowest BCUT2D eigenvalue weighted by Gasteiger charge is -2.21. The summed E-state index contributed by atoms with van der Waals surface area (Å²) in [6, 6.07) is 8.22. The molecule has 0 bridgehead atoms. The minimum absolute atomic E-state index is 0.0449. The molecule has 0 unspecified atom stereocenters. The maximum Gasteiger partial charge on any atom is 0.239 e. The van der Waals surface area contributed by atoms with Crippen LogP contribution in [0.2, 0.25) is 0 Å². The summed E-state index contributed by atoms with van der Waals surface area (Å²) < 4.78 is 0. The highest BCUT2D eigenvalue weighted by molar-refractivity contribution is 5.80. The second-order valence-corrected chi connectivity index (χ2v) is 5.61. The Morgan fingerprint density at radius 3 is 2.29 bits per heavy atom. The first kappa shape index (κ1) is 17.3. The average molecular weight is 291 g/mol. The molecule has 1 amide bonds. The van der Waals surface area contributed by atoms with Gasteiger partial charge in [-0.1, -0.05) is 13.8 Å². The maximum absolute atomic E-state index is 11.7. The number of amides is 1. The monoisotopic (exact) mass is 291 g/mol. The molecule has 118 valence electrons. The molecule has 0 heterocycles. The Morgan fingerprint density at radius 1 is 1.14 bits per heavy atom. The third kappa shape index (κ3) is 6.52. The molecule has 0 atom stereocenters. The van der Waals surface area contributed by atoms with Crippen LogP contribution in [-0.4, -0.2) is 32.1 Å². The molecule has 0 aliphatic carbocycles. The largest absolute Gasteiger partial charge is 0.376 e. The van der Waals surface area contributed by atoms with E-state index in [1.54, 1.807) is 0 Å². The van der Waals surface area contributed by atoms with Gasteiger partial charge in [-0.05, 0) is 50.5 Å². The van der Waals surface area contributed by atoms with Crippen molar-refractivity contribution in [3.8, 4) is 0 Å². The first-order valence-corrected chi connectivity index (χ1v) is 7.92. The summed E-state index contributed by atoms with van der Waals surface area (Å²) in [5.41, 5.74) is 2.19. The predicted octanol–water partition coefficient (Wildman–Crippen LogP) is 3.11. The van der Waals surface area contributed by atoms with E-state index in [-0.39, 0.29) is 5.91 Å². The van der Waals surface area contributed by atoms with Crippen molar-refractivity contribution in [2.45, 2.75) is 34.1 Å². The van der Waals surface area contributed by atoms with Gasteiger partial charge in [0.05, 0.1) is 6.54 Å². The molecular weight excluding hydrogens is 262 g/mol. The van der Waals surface area contributed by atoms with Crippen LogP contribution in [0.25, 0.3) is 0 Å². The highest BCUT2D eigenvalue weighted by Gasteiger charge is 2.03. The molecule has 0 fully saturated rings. The van der Waals surface area contributed by atoms with E-state index in [0.717, 1.165) is 31.7 Å². The molecular formula is C17H29N3O. The van der Waals surface area contributed by atoms with Gasteiger partial charge in [-0.3, -0.25) is 4.79 Å². The summed E-state index contributed by atoms with van der Waals surface area (Å²) in [5.74, 6) is 0.661. The fraction of sp³-hybridized carbons (Fsp3) is 0.588. The van der Waals surface area contributed by atoms with Crippen molar-refractivity contribution in [3.63, 3.8) is 0 Å². The van der Waals surface area contributed by atoms with Crippen molar-refractivity contribution in [2.75, 3.05) is 36.4 Å². The molecule has 2 N–H and O–H groups in total. The first-order valence-electron chi connectivity index (χ1n) is 7.92. The summed E-state index contributed by atoms with van der Waals surface area (Å²) in [4.78, 5) is 14.0. The second-order valence-electron chi connectivity index (χ2n) is 5.61. The summed E-state index contributed by atoms with van der Waals surface area (Å²) in [6.07, 6.45) is 1.02. The molecule has 1 rings (SSSR count). The topological polar surface area (TPSA) is 44.4 Å². The molecule has 0 radical (unpaired) electrons. The zero-order chi connectivity index (χ0) is 15.7. The summed E-state index contributed by atoms with van der Waals surface area (Å²) >= 11 is 0. The van der Waals surface area contributed by atoms with Gasteiger partial charge in [-0.15, -0.1) is 0 Å². The summed E-state index contributed by atoms with van der Waals surface area (Å²) in [5, 5.41) is 6.08. The number of hydrogen-bond acceptors (Lipinski definition) is 3. The van der Waals surface area contributed by atoms with E-state index in [2.05, 4.69) is 55.4 Å². The van der Waals surface area contributed by atoms with Crippen LogP contribution >= 0.6 is 0 Å². The molecule has 21 heavy (non-hydrogen) atoms. The van der Waals surface area contributed by atoms with E-state index in [9.17, 15) is 4.79 Å². The maximum atomic E-state index is 11.7. The van der Waals surface area contributed by atoms with Gasteiger partial charge >= 0.3 is 0 Å². The van der Waals surface area contributed by atoms with Crippen molar-refractivity contribution in [1.82, 2.24) is 5.32 Å². The molecule has 0 aliphatic rings. The Balaban J connectivity index is 2.37. The van der Waals surface area contributed by atoms with Crippen LogP contribution in [0.3, 0.4) is 0 Å². The normalized spacial score (nSPS) is 10.5. The zero-order valence-corrected chi connectivity index (χ0v) is 13.8. The predicted molar refractivity (Wildman–Crippen MR) is 91.0 cm³/mol. The van der Waals surface area contributed by atoms with E-state index in [4.69, 9.17) is 0 Å². The highest BCUT2D eigenvalue weighted by atomic mass is 16.1. The van der Waals surface area contributed by atoms with Crippen LogP contribution in [0.4, 0.5) is 11.4 Å². The lowest BCUT2D eigenvalue weighted by Crippen LogP contribution is -2.31.